The molecule has 0 aliphatic rings. The molecule has 0 fully saturated rings. The molecular weight excluding hydrogens is 310 g/mol. The van der Waals surface area contributed by atoms with E-state index in [0.717, 1.165) is 18.9 Å². The van der Waals surface area contributed by atoms with Gasteiger partial charge in [-0.3, -0.25) is 4.99 Å². The van der Waals surface area contributed by atoms with Crippen molar-refractivity contribution in [2.45, 2.75) is 6.42 Å². The Balaban J connectivity index is 2.06. The van der Waals surface area contributed by atoms with E-state index in [2.05, 4.69) is 27.1 Å². The van der Waals surface area contributed by atoms with Crippen LogP contribution >= 0.6 is 11.3 Å². The Morgan fingerprint density at radius 2 is 2.10 bits per heavy atom. The van der Waals surface area contributed by atoms with Crippen LogP contribution in [0.2, 0.25) is 0 Å². The Morgan fingerprint density at radius 3 is 2.71 bits per heavy atom. The first-order valence-corrected chi connectivity index (χ1v) is 9.67. The second kappa shape index (κ2) is 9.75. The van der Waals surface area contributed by atoms with Gasteiger partial charge in [-0.1, -0.05) is 6.07 Å². The summed E-state index contributed by atoms with van der Waals surface area (Å²) >= 11 is 1.74. The van der Waals surface area contributed by atoms with Gasteiger partial charge in [-0.2, -0.15) is 0 Å². The molecule has 0 bridgehead atoms. The SMILES string of the molecule is CN=C(NCCOCCS(C)(=O)=O)NCCc1cccs1. The number of ether oxygens (including phenoxy) is 1. The third-order valence-corrected chi connectivity index (χ3v) is 4.45. The average Bonchev–Trinajstić information content (AvgIpc) is 2.92. The first kappa shape index (κ1) is 17.9. The van der Waals surface area contributed by atoms with Crippen LogP contribution in [-0.4, -0.2) is 59.7 Å². The normalized spacial score (nSPS) is 12.4. The van der Waals surface area contributed by atoms with Crippen LogP contribution < -0.4 is 10.6 Å². The fourth-order valence-corrected chi connectivity index (χ4v) is 2.66. The van der Waals surface area contributed by atoms with Crippen molar-refractivity contribution in [1.82, 2.24) is 10.6 Å². The van der Waals surface area contributed by atoms with Gasteiger partial charge < -0.3 is 15.4 Å². The first-order valence-electron chi connectivity index (χ1n) is 6.73. The lowest BCUT2D eigenvalue weighted by molar-refractivity contribution is 0.154. The molecule has 2 N–H and O–H groups in total. The van der Waals surface area contributed by atoms with E-state index in [1.165, 1.54) is 11.1 Å². The Morgan fingerprint density at radius 1 is 1.33 bits per heavy atom. The molecule has 1 aromatic rings. The largest absolute Gasteiger partial charge is 0.379 e. The fraction of sp³-hybridized carbons (Fsp3) is 0.615. The van der Waals surface area contributed by atoms with Crippen LogP contribution in [0.15, 0.2) is 22.5 Å². The Hall–Kier alpha value is -1.12. The molecule has 0 radical (unpaired) electrons. The van der Waals surface area contributed by atoms with E-state index < -0.39 is 9.84 Å². The van der Waals surface area contributed by atoms with E-state index >= 15 is 0 Å². The lowest BCUT2D eigenvalue weighted by atomic mass is 10.3. The van der Waals surface area contributed by atoms with Gasteiger partial charge >= 0.3 is 0 Å². The number of rotatable bonds is 9. The van der Waals surface area contributed by atoms with Crippen LogP contribution in [0.4, 0.5) is 0 Å². The molecule has 21 heavy (non-hydrogen) atoms. The van der Waals surface area contributed by atoms with Crippen molar-refractivity contribution in [2.24, 2.45) is 4.99 Å². The minimum Gasteiger partial charge on any atom is -0.379 e. The van der Waals surface area contributed by atoms with Gasteiger partial charge in [-0.05, 0) is 17.9 Å². The summed E-state index contributed by atoms with van der Waals surface area (Å²) in [5.41, 5.74) is 0. The average molecular weight is 333 g/mol. The van der Waals surface area contributed by atoms with Gasteiger partial charge in [0, 0.05) is 31.3 Å². The highest BCUT2D eigenvalue weighted by molar-refractivity contribution is 7.90. The molecule has 0 unspecified atom stereocenters. The first-order chi connectivity index (χ1) is 10.0. The zero-order valence-electron chi connectivity index (χ0n) is 12.5. The van der Waals surface area contributed by atoms with Gasteiger partial charge in [0.15, 0.2) is 5.96 Å². The molecule has 8 heteroatoms. The number of hydrogen-bond acceptors (Lipinski definition) is 5. The summed E-state index contributed by atoms with van der Waals surface area (Å²) in [4.78, 5) is 5.45. The predicted molar refractivity (Wildman–Crippen MR) is 87.9 cm³/mol. The van der Waals surface area contributed by atoms with Crippen molar-refractivity contribution < 1.29 is 13.2 Å². The van der Waals surface area contributed by atoms with Crippen LogP contribution in [0.25, 0.3) is 0 Å². The fourth-order valence-electron chi connectivity index (χ4n) is 1.53. The van der Waals surface area contributed by atoms with Gasteiger partial charge in [0.05, 0.1) is 19.0 Å². The van der Waals surface area contributed by atoms with E-state index in [4.69, 9.17) is 4.74 Å². The van der Waals surface area contributed by atoms with Crippen molar-refractivity contribution in [1.29, 1.82) is 0 Å². The number of hydrogen-bond donors (Lipinski definition) is 2. The quantitative estimate of drug-likeness (QED) is 0.391. The molecule has 0 spiro atoms. The Kier molecular flexibility index (Phi) is 8.33. The number of guanidine groups is 1. The maximum atomic E-state index is 10.9. The molecule has 0 aliphatic carbocycles. The van der Waals surface area contributed by atoms with Crippen molar-refractivity contribution in [3.05, 3.63) is 22.4 Å². The summed E-state index contributed by atoms with van der Waals surface area (Å²) in [7, 11) is -1.23. The molecule has 0 saturated heterocycles. The standard InChI is InChI=1S/C13H23N3O3S2/c1-14-13(15-6-5-12-4-3-10-20-12)16-7-8-19-9-11-21(2,17)18/h3-4,10H,5-9,11H2,1-2H3,(H2,14,15,16). The highest BCUT2D eigenvalue weighted by Crippen LogP contribution is 2.07. The Bertz CT molecular complexity index is 513. The van der Waals surface area contributed by atoms with E-state index in [9.17, 15) is 8.42 Å². The summed E-state index contributed by atoms with van der Waals surface area (Å²) in [5.74, 6) is 0.777. The predicted octanol–water partition coefficient (Wildman–Crippen LogP) is 0.517. The van der Waals surface area contributed by atoms with Crippen LogP contribution in [0.3, 0.4) is 0 Å². The lowest BCUT2D eigenvalue weighted by Crippen LogP contribution is -2.39. The van der Waals surface area contributed by atoms with Gasteiger partial charge in [-0.15, -0.1) is 11.3 Å². The summed E-state index contributed by atoms with van der Waals surface area (Å²) in [6, 6.07) is 4.15. The van der Waals surface area contributed by atoms with Crippen molar-refractivity contribution >= 4 is 27.1 Å². The zero-order valence-corrected chi connectivity index (χ0v) is 14.1. The molecule has 1 rings (SSSR count). The Labute approximate surface area is 130 Å². The van der Waals surface area contributed by atoms with E-state index in [1.54, 1.807) is 18.4 Å². The molecule has 0 amide bonds. The maximum Gasteiger partial charge on any atom is 0.191 e. The lowest BCUT2D eigenvalue weighted by Gasteiger charge is -2.11. The summed E-state index contributed by atoms with van der Waals surface area (Å²) in [5, 5.41) is 8.40. The second-order valence-electron chi connectivity index (χ2n) is 4.50. The molecule has 6 nitrogen and oxygen atoms in total. The highest BCUT2D eigenvalue weighted by Gasteiger charge is 2.01. The third-order valence-electron chi connectivity index (χ3n) is 2.60. The zero-order chi connectivity index (χ0) is 15.6. The molecule has 1 aromatic heterocycles. The molecular formula is C13H23N3O3S2. The van der Waals surface area contributed by atoms with Crippen LogP contribution in [0.1, 0.15) is 4.88 Å². The van der Waals surface area contributed by atoms with E-state index in [1.807, 2.05) is 6.07 Å². The molecule has 0 atom stereocenters. The van der Waals surface area contributed by atoms with Crippen molar-refractivity contribution in [2.75, 3.05) is 45.4 Å². The van der Waals surface area contributed by atoms with Gasteiger partial charge in [0.25, 0.3) is 0 Å². The highest BCUT2D eigenvalue weighted by atomic mass is 32.2. The van der Waals surface area contributed by atoms with Crippen LogP contribution in [-0.2, 0) is 21.0 Å². The number of aliphatic imine (C=N–C) groups is 1. The second-order valence-corrected chi connectivity index (χ2v) is 7.79. The molecule has 0 aromatic carbocycles. The smallest absolute Gasteiger partial charge is 0.191 e. The summed E-state index contributed by atoms with van der Waals surface area (Å²) in [6.07, 6.45) is 2.16. The molecule has 0 aliphatic heterocycles. The monoisotopic (exact) mass is 333 g/mol. The molecule has 0 saturated carbocycles. The number of sulfone groups is 1. The van der Waals surface area contributed by atoms with E-state index in [0.29, 0.717) is 13.2 Å². The molecule has 120 valence electrons. The number of nitrogens with zero attached hydrogens (tertiary/aromatic N) is 1. The van der Waals surface area contributed by atoms with Crippen molar-refractivity contribution in [3.8, 4) is 0 Å². The van der Waals surface area contributed by atoms with Gasteiger partial charge in [-0.25, -0.2) is 8.42 Å². The number of nitrogens with one attached hydrogen (secondary N) is 2. The molecule has 1 heterocycles. The minimum atomic E-state index is -2.95. The van der Waals surface area contributed by atoms with Gasteiger partial charge in [0.2, 0.25) is 0 Å². The van der Waals surface area contributed by atoms with Crippen LogP contribution in [0.5, 0.6) is 0 Å². The maximum absolute atomic E-state index is 10.9. The van der Waals surface area contributed by atoms with Crippen LogP contribution in [0, 0.1) is 0 Å². The summed E-state index contributed by atoms with van der Waals surface area (Å²) in [6.45, 7) is 2.07. The topological polar surface area (TPSA) is 79.8 Å². The van der Waals surface area contributed by atoms with E-state index in [-0.39, 0.29) is 12.4 Å². The minimum absolute atomic E-state index is 0.0563. The number of thiophene rings is 1. The summed E-state index contributed by atoms with van der Waals surface area (Å²) < 4.78 is 27.1. The van der Waals surface area contributed by atoms with Crippen molar-refractivity contribution in [3.63, 3.8) is 0 Å². The third kappa shape index (κ3) is 9.43. The van der Waals surface area contributed by atoms with Gasteiger partial charge in [0.1, 0.15) is 9.84 Å².